The molecular weight excluding hydrogens is 358 g/mol. The summed E-state index contributed by atoms with van der Waals surface area (Å²) >= 11 is 0. The van der Waals surface area contributed by atoms with Gasteiger partial charge in [-0.2, -0.15) is 5.10 Å². The monoisotopic (exact) mass is 387 g/mol. The molecule has 3 rings (SSSR count). The molecule has 152 valence electrons. The number of benzene rings is 1. The van der Waals surface area contributed by atoms with Crippen LogP contribution in [0.25, 0.3) is 10.8 Å². The fraction of sp³-hybridized carbons (Fsp3) is 0.571. The number of carbonyl (C=O) groups is 1. The van der Waals surface area contributed by atoms with Gasteiger partial charge in [-0.3, -0.25) is 9.59 Å². The van der Waals surface area contributed by atoms with Gasteiger partial charge in [0.05, 0.1) is 5.39 Å². The van der Waals surface area contributed by atoms with E-state index in [9.17, 15) is 14.7 Å². The van der Waals surface area contributed by atoms with Crippen molar-refractivity contribution >= 4 is 16.7 Å². The number of aromatic nitrogens is 2. The van der Waals surface area contributed by atoms with Crippen molar-refractivity contribution < 1.29 is 14.6 Å². The van der Waals surface area contributed by atoms with Crippen LogP contribution in [0.4, 0.5) is 0 Å². The number of amides is 1. The molecule has 7 heteroatoms. The number of ether oxygens (including phenoxy) is 1. The SMILES string of the molecule is CC(C)Cn1nc(C(=O)N[C@@H](CCO)C2CCOCC2)c2ccccc2c1=O. The summed E-state index contributed by atoms with van der Waals surface area (Å²) in [6.07, 6.45) is 2.19. The van der Waals surface area contributed by atoms with Gasteiger partial charge in [-0.05, 0) is 37.2 Å². The van der Waals surface area contributed by atoms with E-state index in [1.807, 2.05) is 13.8 Å². The van der Waals surface area contributed by atoms with Gasteiger partial charge >= 0.3 is 0 Å². The summed E-state index contributed by atoms with van der Waals surface area (Å²) in [5.74, 6) is 0.183. The van der Waals surface area contributed by atoms with Crippen LogP contribution in [0.1, 0.15) is 43.6 Å². The van der Waals surface area contributed by atoms with Crippen molar-refractivity contribution in [3.63, 3.8) is 0 Å². The maximum Gasteiger partial charge on any atom is 0.274 e. The van der Waals surface area contributed by atoms with Gasteiger partial charge < -0.3 is 15.2 Å². The fourth-order valence-corrected chi connectivity index (χ4v) is 3.79. The molecule has 1 atom stereocenters. The van der Waals surface area contributed by atoms with Gasteiger partial charge in [0.2, 0.25) is 0 Å². The van der Waals surface area contributed by atoms with Crippen LogP contribution >= 0.6 is 0 Å². The predicted molar refractivity (Wildman–Crippen MR) is 107 cm³/mol. The number of fused-ring (bicyclic) bond motifs is 1. The Kier molecular flexibility index (Phi) is 6.80. The Morgan fingerprint density at radius 2 is 1.96 bits per heavy atom. The zero-order valence-electron chi connectivity index (χ0n) is 16.6. The third kappa shape index (κ3) is 4.59. The number of carbonyl (C=O) groups excluding carboxylic acids is 1. The Bertz CT molecular complexity index is 872. The third-order valence-corrected chi connectivity index (χ3v) is 5.21. The molecule has 1 aromatic carbocycles. The summed E-state index contributed by atoms with van der Waals surface area (Å²) in [4.78, 5) is 25.9. The van der Waals surface area contributed by atoms with Crippen molar-refractivity contribution in [3.8, 4) is 0 Å². The molecule has 7 nitrogen and oxygen atoms in total. The molecule has 1 aliphatic heterocycles. The first-order chi connectivity index (χ1) is 13.5. The second-order valence-electron chi connectivity index (χ2n) is 7.82. The summed E-state index contributed by atoms with van der Waals surface area (Å²) in [5.41, 5.74) is 0.0723. The highest BCUT2D eigenvalue weighted by molar-refractivity contribution is 6.04. The largest absolute Gasteiger partial charge is 0.396 e. The van der Waals surface area contributed by atoms with Crippen LogP contribution in [-0.4, -0.2) is 46.7 Å². The molecule has 0 radical (unpaired) electrons. The average molecular weight is 387 g/mol. The lowest BCUT2D eigenvalue weighted by atomic mass is 9.89. The molecule has 28 heavy (non-hydrogen) atoms. The molecule has 0 aliphatic carbocycles. The summed E-state index contributed by atoms with van der Waals surface area (Å²) < 4.78 is 6.80. The molecule has 0 spiro atoms. The van der Waals surface area contributed by atoms with E-state index in [0.29, 0.717) is 37.0 Å². The normalized spacial score (nSPS) is 16.4. The van der Waals surface area contributed by atoms with Gasteiger partial charge in [-0.15, -0.1) is 0 Å². The lowest BCUT2D eigenvalue weighted by Crippen LogP contribution is -2.44. The molecule has 1 amide bonds. The van der Waals surface area contributed by atoms with Crippen LogP contribution < -0.4 is 10.9 Å². The summed E-state index contributed by atoms with van der Waals surface area (Å²) in [6, 6.07) is 6.94. The van der Waals surface area contributed by atoms with Crippen LogP contribution in [0.3, 0.4) is 0 Å². The van der Waals surface area contributed by atoms with Crippen molar-refractivity contribution in [1.82, 2.24) is 15.1 Å². The van der Waals surface area contributed by atoms with Gasteiger partial charge in [0.15, 0.2) is 5.69 Å². The van der Waals surface area contributed by atoms with Gasteiger partial charge in [-0.1, -0.05) is 32.0 Å². The van der Waals surface area contributed by atoms with E-state index in [2.05, 4.69) is 10.4 Å². The van der Waals surface area contributed by atoms with Crippen LogP contribution in [0.5, 0.6) is 0 Å². The summed E-state index contributed by atoms with van der Waals surface area (Å²) in [6.45, 7) is 5.80. The zero-order valence-corrected chi connectivity index (χ0v) is 16.6. The van der Waals surface area contributed by atoms with Crippen molar-refractivity contribution in [2.75, 3.05) is 19.8 Å². The highest BCUT2D eigenvalue weighted by Crippen LogP contribution is 2.22. The standard InChI is InChI=1S/C21H29N3O4/c1-14(2)13-24-21(27)17-6-4-3-5-16(17)19(23-24)20(26)22-18(7-10-25)15-8-11-28-12-9-15/h3-6,14-15,18,25H,7-13H2,1-2H3,(H,22,26)/t18-/m0/s1. The van der Waals surface area contributed by atoms with Gasteiger partial charge in [0, 0.05) is 37.8 Å². The van der Waals surface area contributed by atoms with E-state index in [1.54, 1.807) is 24.3 Å². The van der Waals surface area contributed by atoms with Crippen molar-refractivity contribution in [3.05, 3.63) is 40.3 Å². The van der Waals surface area contributed by atoms with Crippen LogP contribution in [-0.2, 0) is 11.3 Å². The minimum absolute atomic E-state index is 0.00330. The number of hydrogen-bond donors (Lipinski definition) is 2. The molecule has 1 aromatic heterocycles. The van der Waals surface area contributed by atoms with Gasteiger partial charge in [0.1, 0.15) is 0 Å². The fourth-order valence-electron chi connectivity index (χ4n) is 3.79. The highest BCUT2D eigenvalue weighted by Gasteiger charge is 2.27. The van der Waals surface area contributed by atoms with E-state index in [1.165, 1.54) is 4.68 Å². The smallest absolute Gasteiger partial charge is 0.274 e. The topological polar surface area (TPSA) is 93.5 Å². The third-order valence-electron chi connectivity index (χ3n) is 5.21. The van der Waals surface area contributed by atoms with Crippen molar-refractivity contribution in [2.24, 2.45) is 11.8 Å². The molecule has 0 unspecified atom stereocenters. The Labute approximate surface area is 164 Å². The van der Waals surface area contributed by atoms with E-state index in [4.69, 9.17) is 4.74 Å². The predicted octanol–water partition coefficient (Wildman–Crippen LogP) is 1.96. The maximum atomic E-state index is 13.1. The lowest BCUT2D eigenvalue weighted by molar-refractivity contribution is 0.0478. The number of aliphatic hydroxyl groups excluding tert-OH is 1. The van der Waals surface area contributed by atoms with Crippen molar-refractivity contribution in [2.45, 2.75) is 45.7 Å². The van der Waals surface area contributed by atoms with E-state index >= 15 is 0 Å². The number of nitrogens with zero attached hydrogens (tertiary/aromatic N) is 2. The van der Waals surface area contributed by atoms with Crippen LogP contribution in [0.15, 0.2) is 29.1 Å². The number of rotatable bonds is 7. The van der Waals surface area contributed by atoms with Crippen molar-refractivity contribution in [1.29, 1.82) is 0 Å². The molecular formula is C21H29N3O4. The van der Waals surface area contributed by atoms with E-state index in [-0.39, 0.29) is 41.6 Å². The molecule has 2 heterocycles. The Morgan fingerprint density at radius 3 is 2.61 bits per heavy atom. The van der Waals surface area contributed by atoms with Crippen LogP contribution in [0, 0.1) is 11.8 Å². The minimum atomic E-state index is -0.307. The van der Waals surface area contributed by atoms with E-state index in [0.717, 1.165) is 12.8 Å². The van der Waals surface area contributed by atoms with E-state index < -0.39 is 0 Å². The average Bonchev–Trinajstić information content (AvgIpc) is 2.70. The Morgan fingerprint density at radius 1 is 1.29 bits per heavy atom. The molecule has 2 N–H and O–H groups in total. The molecule has 0 saturated carbocycles. The first-order valence-electron chi connectivity index (χ1n) is 10.0. The molecule has 1 aliphatic rings. The second-order valence-corrected chi connectivity index (χ2v) is 7.82. The lowest BCUT2D eigenvalue weighted by Gasteiger charge is -2.30. The van der Waals surface area contributed by atoms with Crippen LogP contribution in [0.2, 0.25) is 0 Å². The van der Waals surface area contributed by atoms with Gasteiger partial charge in [-0.25, -0.2) is 4.68 Å². The minimum Gasteiger partial charge on any atom is -0.396 e. The maximum absolute atomic E-state index is 13.1. The second kappa shape index (κ2) is 9.30. The summed E-state index contributed by atoms with van der Waals surface area (Å²) in [7, 11) is 0. The first-order valence-corrected chi connectivity index (χ1v) is 10.0. The number of aliphatic hydroxyl groups is 1. The quantitative estimate of drug-likeness (QED) is 0.758. The number of nitrogens with one attached hydrogen (secondary N) is 1. The number of hydrogen-bond acceptors (Lipinski definition) is 5. The molecule has 0 bridgehead atoms. The zero-order chi connectivity index (χ0) is 20.1. The molecule has 2 aromatic rings. The molecule has 1 fully saturated rings. The Hall–Kier alpha value is -2.25. The molecule has 1 saturated heterocycles. The van der Waals surface area contributed by atoms with Gasteiger partial charge in [0.25, 0.3) is 11.5 Å². The first kappa shape index (κ1) is 20.5. The summed E-state index contributed by atoms with van der Waals surface area (Å²) in [5, 5.41) is 18.0. The highest BCUT2D eigenvalue weighted by atomic mass is 16.5. The Balaban J connectivity index is 1.95.